The second kappa shape index (κ2) is 7.84. The summed E-state index contributed by atoms with van der Waals surface area (Å²) in [5.74, 6) is -0.210. The molecule has 4 nitrogen and oxygen atoms in total. The number of hydrogen-bond donors (Lipinski definition) is 1. The number of hydrogen-bond acceptors (Lipinski definition) is 4. The third-order valence-electron chi connectivity index (χ3n) is 2.71. The van der Waals surface area contributed by atoms with Crippen molar-refractivity contribution in [2.45, 2.75) is 26.0 Å². The predicted octanol–water partition coefficient (Wildman–Crippen LogP) is 2.05. The van der Waals surface area contributed by atoms with E-state index in [-0.39, 0.29) is 12.0 Å². The van der Waals surface area contributed by atoms with Crippen LogP contribution in [0.2, 0.25) is 0 Å². The molecule has 0 fully saturated rings. The molecular formula is C14H21NO3. The quantitative estimate of drug-likeness (QED) is 0.753. The first-order valence-electron chi connectivity index (χ1n) is 6.09. The molecule has 0 bridgehead atoms. The first-order chi connectivity index (χ1) is 8.71. The number of benzene rings is 1. The van der Waals surface area contributed by atoms with E-state index in [4.69, 9.17) is 9.47 Å². The summed E-state index contributed by atoms with van der Waals surface area (Å²) in [6, 6.07) is 8.04. The van der Waals surface area contributed by atoms with Crippen LogP contribution < -0.4 is 5.32 Å². The Balaban J connectivity index is 2.83. The fourth-order valence-corrected chi connectivity index (χ4v) is 1.87. The standard InChI is InChI=1S/C14H21NO3/c1-4-15-13(9-14(16)18-3)12-7-5-6-11(8-12)10-17-2/h5-8,13,15H,4,9-10H2,1-3H3. The summed E-state index contributed by atoms with van der Waals surface area (Å²) in [5.41, 5.74) is 2.18. The normalized spacial score (nSPS) is 12.2. The van der Waals surface area contributed by atoms with Crippen LogP contribution in [-0.2, 0) is 20.9 Å². The number of methoxy groups -OCH3 is 2. The van der Waals surface area contributed by atoms with Gasteiger partial charge in [-0.25, -0.2) is 0 Å². The van der Waals surface area contributed by atoms with Crippen molar-refractivity contribution < 1.29 is 14.3 Å². The van der Waals surface area contributed by atoms with E-state index in [9.17, 15) is 4.79 Å². The first-order valence-corrected chi connectivity index (χ1v) is 6.09. The van der Waals surface area contributed by atoms with Gasteiger partial charge in [0.1, 0.15) is 0 Å². The van der Waals surface area contributed by atoms with E-state index in [2.05, 4.69) is 11.4 Å². The number of nitrogens with one attached hydrogen (secondary N) is 1. The fraction of sp³-hybridized carbons (Fsp3) is 0.500. The number of rotatable bonds is 7. The van der Waals surface area contributed by atoms with Crippen molar-refractivity contribution in [2.24, 2.45) is 0 Å². The van der Waals surface area contributed by atoms with E-state index in [0.29, 0.717) is 13.0 Å². The molecule has 0 heterocycles. The van der Waals surface area contributed by atoms with Crippen molar-refractivity contribution in [3.63, 3.8) is 0 Å². The monoisotopic (exact) mass is 251 g/mol. The second-order valence-corrected chi connectivity index (χ2v) is 4.07. The maximum atomic E-state index is 11.4. The number of carbonyl (C=O) groups excluding carboxylic acids is 1. The lowest BCUT2D eigenvalue weighted by atomic mass is 10.0. The highest BCUT2D eigenvalue weighted by molar-refractivity contribution is 5.70. The minimum absolute atomic E-state index is 0.0146. The van der Waals surface area contributed by atoms with Crippen molar-refractivity contribution >= 4 is 5.97 Å². The molecule has 1 aromatic carbocycles. The Morgan fingerprint density at radius 2 is 2.17 bits per heavy atom. The number of ether oxygens (including phenoxy) is 2. The Bertz CT molecular complexity index is 379. The van der Waals surface area contributed by atoms with Gasteiger partial charge in [-0.05, 0) is 17.7 Å². The summed E-state index contributed by atoms with van der Waals surface area (Å²) in [7, 11) is 3.08. The third kappa shape index (κ3) is 4.47. The van der Waals surface area contributed by atoms with Crippen molar-refractivity contribution in [1.29, 1.82) is 0 Å². The Hall–Kier alpha value is -1.39. The summed E-state index contributed by atoms with van der Waals surface area (Å²) in [5, 5.41) is 3.29. The molecule has 0 saturated heterocycles. The van der Waals surface area contributed by atoms with Crippen LogP contribution in [0.4, 0.5) is 0 Å². The highest BCUT2D eigenvalue weighted by Crippen LogP contribution is 2.19. The van der Waals surface area contributed by atoms with Crippen LogP contribution in [0.5, 0.6) is 0 Å². The average molecular weight is 251 g/mol. The molecule has 0 amide bonds. The van der Waals surface area contributed by atoms with E-state index in [0.717, 1.165) is 17.7 Å². The molecule has 1 N–H and O–H groups in total. The van der Waals surface area contributed by atoms with Gasteiger partial charge in [0, 0.05) is 13.2 Å². The maximum Gasteiger partial charge on any atom is 0.307 e. The molecule has 1 rings (SSSR count). The van der Waals surface area contributed by atoms with Crippen LogP contribution in [0.25, 0.3) is 0 Å². The molecule has 0 spiro atoms. The van der Waals surface area contributed by atoms with Gasteiger partial charge in [0.15, 0.2) is 0 Å². The van der Waals surface area contributed by atoms with Crippen LogP contribution in [0, 0.1) is 0 Å². The van der Waals surface area contributed by atoms with Gasteiger partial charge in [0.25, 0.3) is 0 Å². The molecule has 4 heteroatoms. The molecule has 0 aliphatic carbocycles. The zero-order valence-electron chi connectivity index (χ0n) is 11.2. The Labute approximate surface area is 108 Å². The summed E-state index contributed by atoms with van der Waals surface area (Å²) < 4.78 is 9.84. The lowest BCUT2D eigenvalue weighted by Crippen LogP contribution is -2.24. The molecule has 100 valence electrons. The zero-order chi connectivity index (χ0) is 13.4. The van der Waals surface area contributed by atoms with E-state index in [1.807, 2.05) is 25.1 Å². The summed E-state index contributed by atoms with van der Waals surface area (Å²) >= 11 is 0. The fourth-order valence-electron chi connectivity index (χ4n) is 1.87. The second-order valence-electron chi connectivity index (χ2n) is 4.07. The van der Waals surface area contributed by atoms with Crippen molar-refractivity contribution in [2.75, 3.05) is 20.8 Å². The molecule has 1 unspecified atom stereocenters. The summed E-state index contributed by atoms with van der Waals surface area (Å²) in [6.07, 6.45) is 0.334. The Morgan fingerprint density at radius 1 is 1.39 bits per heavy atom. The molecule has 1 aromatic rings. The molecule has 0 radical (unpaired) electrons. The Morgan fingerprint density at radius 3 is 2.78 bits per heavy atom. The smallest absolute Gasteiger partial charge is 0.307 e. The van der Waals surface area contributed by atoms with Crippen LogP contribution in [0.15, 0.2) is 24.3 Å². The molecule has 0 saturated carbocycles. The van der Waals surface area contributed by atoms with E-state index < -0.39 is 0 Å². The molecular weight excluding hydrogens is 230 g/mol. The number of esters is 1. The van der Waals surface area contributed by atoms with E-state index in [1.165, 1.54) is 7.11 Å². The third-order valence-corrected chi connectivity index (χ3v) is 2.71. The van der Waals surface area contributed by atoms with Gasteiger partial charge in [-0.1, -0.05) is 31.2 Å². The number of carbonyl (C=O) groups is 1. The topological polar surface area (TPSA) is 47.6 Å². The highest BCUT2D eigenvalue weighted by Gasteiger charge is 2.15. The largest absolute Gasteiger partial charge is 0.469 e. The van der Waals surface area contributed by atoms with Gasteiger partial charge >= 0.3 is 5.97 Å². The van der Waals surface area contributed by atoms with Gasteiger partial charge in [0.2, 0.25) is 0 Å². The van der Waals surface area contributed by atoms with Gasteiger partial charge in [-0.15, -0.1) is 0 Å². The Kier molecular flexibility index (Phi) is 6.39. The van der Waals surface area contributed by atoms with Crippen molar-refractivity contribution in [3.05, 3.63) is 35.4 Å². The lowest BCUT2D eigenvalue weighted by Gasteiger charge is -2.18. The van der Waals surface area contributed by atoms with E-state index in [1.54, 1.807) is 7.11 Å². The van der Waals surface area contributed by atoms with Crippen LogP contribution in [0.3, 0.4) is 0 Å². The minimum Gasteiger partial charge on any atom is -0.469 e. The van der Waals surface area contributed by atoms with Crippen molar-refractivity contribution in [3.8, 4) is 0 Å². The summed E-state index contributed by atoms with van der Waals surface area (Å²) in [6.45, 7) is 3.39. The van der Waals surface area contributed by atoms with Crippen LogP contribution >= 0.6 is 0 Å². The SMILES string of the molecule is CCNC(CC(=O)OC)c1cccc(COC)c1. The molecule has 1 atom stereocenters. The van der Waals surface area contributed by atoms with Crippen LogP contribution in [-0.4, -0.2) is 26.7 Å². The minimum atomic E-state index is -0.210. The zero-order valence-corrected chi connectivity index (χ0v) is 11.2. The van der Waals surface area contributed by atoms with Crippen molar-refractivity contribution in [1.82, 2.24) is 5.32 Å². The molecule has 18 heavy (non-hydrogen) atoms. The molecule has 0 aliphatic rings. The van der Waals surface area contributed by atoms with E-state index >= 15 is 0 Å². The average Bonchev–Trinajstić information content (AvgIpc) is 2.39. The lowest BCUT2D eigenvalue weighted by molar-refractivity contribution is -0.141. The van der Waals surface area contributed by atoms with Crippen LogP contribution in [0.1, 0.15) is 30.5 Å². The first kappa shape index (κ1) is 14.7. The molecule has 0 aromatic heterocycles. The highest BCUT2D eigenvalue weighted by atomic mass is 16.5. The van der Waals surface area contributed by atoms with Gasteiger partial charge < -0.3 is 14.8 Å². The predicted molar refractivity (Wildman–Crippen MR) is 70.2 cm³/mol. The van der Waals surface area contributed by atoms with Gasteiger partial charge in [-0.3, -0.25) is 4.79 Å². The molecule has 0 aliphatic heterocycles. The maximum absolute atomic E-state index is 11.4. The summed E-state index contributed by atoms with van der Waals surface area (Å²) in [4.78, 5) is 11.4. The van der Waals surface area contributed by atoms with Gasteiger partial charge in [0.05, 0.1) is 20.1 Å². The van der Waals surface area contributed by atoms with Gasteiger partial charge in [-0.2, -0.15) is 0 Å².